The third-order valence-electron chi connectivity index (χ3n) is 2.68. The second kappa shape index (κ2) is 8.73. The van der Waals surface area contributed by atoms with Crippen molar-refractivity contribution in [3.05, 3.63) is 0 Å². The molecule has 8 N–H and O–H groups in total. The Morgan fingerprint density at radius 3 is 1.44 bits per heavy atom. The van der Waals surface area contributed by atoms with Gasteiger partial charge in [0, 0.05) is 6.61 Å². The second-order valence-electron chi connectivity index (χ2n) is 4.15. The Bertz CT molecular complexity index is 214. The third kappa shape index (κ3) is 5.12. The predicted octanol–water partition coefficient (Wildman–Crippen LogP) is -4.08. The van der Waals surface area contributed by atoms with Crippen LogP contribution >= 0.6 is 0 Å². The summed E-state index contributed by atoms with van der Waals surface area (Å²) in [6, 6.07) is 0. The number of aliphatic hydroxyl groups is 8. The molecule has 6 atom stereocenters. The summed E-state index contributed by atoms with van der Waals surface area (Å²) in [4.78, 5) is 0. The minimum absolute atomic E-state index is 0.0000947. The molecule has 0 amide bonds. The molecular weight excluding hydrogens is 248 g/mol. The Morgan fingerprint density at radius 1 is 0.611 bits per heavy atom. The first kappa shape index (κ1) is 17.7. The van der Waals surface area contributed by atoms with Crippen LogP contribution in [0.2, 0.25) is 0 Å². The van der Waals surface area contributed by atoms with Gasteiger partial charge in [-0.1, -0.05) is 0 Å². The Kier molecular flexibility index (Phi) is 8.57. The third-order valence-corrected chi connectivity index (χ3v) is 2.68. The topological polar surface area (TPSA) is 162 Å². The molecule has 0 rings (SSSR count). The monoisotopic (exact) mass is 270 g/mol. The zero-order valence-electron chi connectivity index (χ0n) is 9.87. The van der Waals surface area contributed by atoms with Gasteiger partial charge in [0.15, 0.2) is 0 Å². The van der Waals surface area contributed by atoms with E-state index in [-0.39, 0.29) is 19.4 Å². The van der Waals surface area contributed by atoms with Crippen LogP contribution in [0.5, 0.6) is 0 Å². The molecule has 8 heteroatoms. The van der Waals surface area contributed by atoms with Crippen LogP contribution in [0.25, 0.3) is 0 Å². The van der Waals surface area contributed by atoms with Gasteiger partial charge < -0.3 is 40.9 Å². The van der Waals surface area contributed by atoms with Crippen molar-refractivity contribution in [2.24, 2.45) is 0 Å². The van der Waals surface area contributed by atoms with E-state index in [9.17, 15) is 25.5 Å². The highest BCUT2D eigenvalue weighted by Gasteiger charge is 2.36. The summed E-state index contributed by atoms with van der Waals surface area (Å²) in [6.45, 7) is -1.03. The average Bonchev–Trinajstić information content (AvgIpc) is 2.40. The quantitative estimate of drug-likeness (QED) is 0.210. The van der Waals surface area contributed by atoms with Crippen molar-refractivity contribution >= 4 is 0 Å². The van der Waals surface area contributed by atoms with Crippen LogP contribution in [0.3, 0.4) is 0 Å². The molecule has 0 aromatic rings. The highest BCUT2D eigenvalue weighted by molar-refractivity contribution is 4.87. The van der Waals surface area contributed by atoms with E-state index in [4.69, 9.17) is 15.3 Å². The summed E-state index contributed by atoms with van der Waals surface area (Å²) in [5.74, 6) is 0. The summed E-state index contributed by atoms with van der Waals surface area (Å²) < 4.78 is 0. The SMILES string of the molecule is OCCCC(O)C(O)[C@@H](O)[C@@H](O)[C@H](O)[C@H](O)CO. The van der Waals surface area contributed by atoms with Crippen molar-refractivity contribution in [1.29, 1.82) is 0 Å². The number of rotatable bonds is 9. The molecule has 0 heterocycles. The van der Waals surface area contributed by atoms with E-state index in [0.29, 0.717) is 0 Å². The molecule has 0 saturated carbocycles. The van der Waals surface area contributed by atoms with E-state index >= 15 is 0 Å². The largest absolute Gasteiger partial charge is 0.396 e. The molecule has 0 bridgehead atoms. The second-order valence-corrected chi connectivity index (χ2v) is 4.15. The fourth-order valence-corrected chi connectivity index (χ4v) is 1.44. The van der Waals surface area contributed by atoms with E-state index in [1.165, 1.54) is 0 Å². The fourth-order valence-electron chi connectivity index (χ4n) is 1.44. The van der Waals surface area contributed by atoms with Gasteiger partial charge in [-0.15, -0.1) is 0 Å². The van der Waals surface area contributed by atoms with E-state index in [0.717, 1.165) is 0 Å². The Balaban J connectivity index is 4.38. The predicted molar refractivity (Wildman–Crippen MR) is 59.4 cm³/mol. The molecule has 0 radical (unpaired) electrons. The minimum atomic E-state index is -1.93. The van der Waals surface area contributed by atoms with Gasteiger partial charge in [-0.2, -0.15) is 0 Å². The lowest BCUT2D eigenvalue weighted by atomic mass is 9.95. The Morgan fingerprint density at radius 2 is 1.06 bits per heavy atom. The summed E-state index contributed by atoms with van der Waals surface area (Å²) in [5, 5.41) is 73.3. The smallest absolute Gasteiger partial charge is 0.111 e. The molecule has 0 aliphatic heterocycles. The maximum absolute atomic E-state index is 9.50. The molecular formula is C10H22O8. The van der Waals surface area contributed by atoms with Gasteiger partial charge in [0.05, 0.1) is 12.7 Å². The van der Waals surface area contributed by atoms with Crippen molar-refractivity contribution in [2.45, 2.75) is 49.5 Å². The first-order valence-electron chi connectivity index (χ1n) is 5.66. The zero-order valence-corrected chi connectivity index (χ0v) is 9.87. The van der Waals surface area contributed by atoms with Crippen molar-refractivity contribution in [2.75, 3.05) is 13.2 Å². The highest BCUT2D eigenvalue weighted by atomic mass is 16.4. The lowest BCUT2D eigenvalue weighted by Gasteiger charge is -2.30. The molecule has 0 saturated heterocycles. The van der Waals surface area contributed by atoms with Crippen LogP contribution in [0.4, 0.5) is 0 Å². The van der Waals surface area contributed by atoms with Crippen LogP contribution in [0, 0.1) is 0 Å². The molecule has 0 spiro atoms. The van der Waals surface area contributed by atoms with Crippen molar-refractivity contribution in [3.63, 3.8) is 0 Å². The number of aliphatic hydroxyl groups excluding tert-OH is 8. The first-order valence-corrected chi connectivity index (χ1v) is 5.66. The average molecular weight is 270 g/mol. The molecule has 110 valence electrons. The molecule has 0 aromatic carbocycles. The van der Waals surface area contributed by atoms with Crippen LogP contribution in [-0.2, 0) is 0 Å². The highest BCUT2D eigenvalue weighted by Crippen LogP contribution is 2.13. The van der Waals surface area contributed by atoms with Gasteiger partial charge in [-0.25, -0.2) is 0 Å². The van der Waals surface area contributed by atoms with Crippen molar-refractivity contribution in [3.8, 4) is 0 Å². The Hall–Kier alpha value is -0.320. The van der Waals surface area contributed by atoms with Crippen LogP contribution in [0.1, 0.15) is 12.8 Å². The summed E-state index contributed by atoms with van der Waals surface area (Å²) in [7, 11) is 0. The first-order chi connectivity index (χ1) is 8.36. The summed E-state index contributed by atoms with van der Waals surface area (Å²) >= 11 is 0. The molecule has 0 aliphatic rings. The maximum Gasteiger partial charge on any atom is 0.111 e. The molecule has 0 fully saturated rings. The van der Waals surface area contributed by atoms with Crippen LogP contribution in [0.15, 0.2) is 0 Å². The number of hydrogen-bond donors (Lipinski definition) is 8. The zero-order chi connectivity index (χ0) is 14.3. The van der Waals surface area contributed by atoms with Gasteiger partial charge in [-0.05, 0) is 12.8 Å². The number of hydrogen-bond acceptors (Lipinski definition) is 8. The van der Waals surface area contributed by atoms with Gasteiger partial charge in [-0.3, -0.25) is 0 Å². The van der Waals surface area contributed by atoms with Crippen molar-refractivity contribution < 1.29 is 40.9 Å². The van der Waals surface area contributed by atoms with Crippen LogP contribution < -0.4 is 0 Å². The fraction of sp³-hybridized carbons (Fsp3) is 1.00. The van der Waals surface area contributed by atoms with E-state index < -0.39 is 43.2 Å². The van der Waals surface area contributed by atoms with E-state index in [1.807, 2.05) is 0 Å². The lowest BCUT2D eigenvalue weighted by Crippen LogP contribution is -2.52. The lowest BCUT2D eigenvalue weighted by molar-refractivity contribution is -0.158. The minimum Gasteiger partial charge on any atom is -0.396 e. The molecule has 8 nitrogen and oxygen atoms in total. The normalized spacial score (nSPS) is 22.0. The standard InChI is InChI=1S/C10H22O8/c11-3-1-2-5(13)7(15)9(17)10(18)8(16)6(14)4-12/h5-18H,1-4H2/t5?,6-,7?,8-,9-,10+/m1/s1. The Labute approximate surface area is 104 Å². The van der Waals surface area contributed by atoms with Gasteiger partial charge in [0.2, 0.25) is 0 Å². The van der Waals surface area contributed by atoms with E-state index in [2.05, 4.69) is 0 Å². The van der Waals surface area contributed by atoms with Crippen molar-refractivity contribution in [1.82, 2.24) is 0 Å². The van der Waals surface area contributed by atoms with Crippen LogP contribution in [-0.4, -0.2) is 90.7 Å². The van der Waals surface area contributed by atoms with Gasteiger partial charge in [0.1, 0.15) is 30.5 Å². The summed E-state index contributed by atoms with van der Waals surface area (Å²) in [5.41, 5.74) is 0. The van der Waals surface area contributed by atoms with E-state index in [1.54, 1.807) is 0 Å². The summed E-state index contributed by atoms with van der Waals surface area (Å²) in [6.07, 6.45) is -10.3. The van der Waals surface area contributed by atoms with Gasteiger partial charge in [0.25, 0.3) is 0 Å². The molecule has 18 heavy (non-hydrogen) atoms. The molecule has 0 aromatic heterocycles. The van der Waals surface area contributed by atoms with Gasteiger partial charge >= 0.3 is 0 Å². The molecule has 0 aliphatic carbocycles. The molecule has 2 unspecified atom stereocenters. The maximum atomic E-state index is 9.50.